The van der Waals surface area contributed by atoms with E-state index in [1.54, 1.807) is 24.3 Å². The first kappa shape index (κ1) is 17.1. The standard InChI is InChI=1S/C19H18N6O/c1-12-4-2-3-5-15(12)22-17(26)14-9-6-13(7-10-14)8-11-16-23-18(20)25-19(21)24-16/h2-11H,1H3,(H,22,26)(H4,20,21,23,24,25)/b11-8+. The number of nitrogen functional groups attached to an aromatic ring is 2. The molecule has 3 rings (SSSR count). The third-order valence-electron chi connectivity index (χ3n) is 3.68. The lowest BCUT2D eigenvalue weighted by atomic mass is 10.1. The second-order valence-electron chi connectivity index (χ2n) is 5.63. The Kier molecular flexibility index (Phi) is 4.89. The zero-order chi connectivity index (χ0) is 18.5. The summed E-state index contributed by atoms with van der Waals surface area (Å²) in [7, 11) is 0. The number of anilines is 3. The number of nitrogens with one attached hydrogen (secondary N) is 1. The van der Waals surface area contributed by atoms with Gasteiger partial charge in [-0.05, 0) is 42.3 Å². The minimum Gasteiger partial charge on any atom is -0.368 e. The molecule has 0 aliphatic heterocycles. The molecule has 2 aromatic carbocycles. The summed E-state index contributed by atoms with van der Waals surface area (Å²) < 4.78 is 0. The Morgan fingerprint density at radius 2 is 1.58 bits per heavy atom. The molecule has 1 amide bonds. The molecule has 7 nitrogen and oxygen atoms in total. The Bertz CT molecular complexity index is 946. The largest absolute Gasteiger partial charge is 0.368 e. The third-order valence-corrected chi connectivity index (χ3v) is 3.68. The first-order valence-electron chi connectivity index (χ1n) is 7.93. The van der Waals surface area contributed by atoms with Crippen molar-refractivity contribution in [1.29, 1.82) is 0 Å². The van der Waals surface area contributed by atoms with Crippen LogP contribution in [0.25, 0.3) is 12.2 Å². The number of rotatable bonds is 4. The minimum absolute atomic E-state index is 0.0698. The summed E-state index contributed by atoms with van der Waals surface area (Å²) in [5, 5.41) is 2.90. The van der Waals surface area contributed by atoms with Gasteiger partial charge in [-0.3, -0.25) is 4.79 Å². The van der Waals surface area contributed by atoms with Gasteiger partial charge in [0.15, 0.2) is 5.82 Å². The molecule has 0 saturated heterocycles. The highest BCUT2D eigenvalue weighted by molar-refractivity contribution is 6.04. The zero-order valence-electron chi connectivity index (χ0n) is 14.2. The monoisotopic (exact) mass is 346 g/mol. The van der Waals surface area contributed by atoms with Gasteiger partial charge in [-0.25, -0.2) is 0 Å². The van der Waals surface area contributed by atoms with Gasteiger partial charge in [-0.15, -0.1) is 0 Å². The van der Waals surface area contributed by atoms with Crippen molar-refractivity contribution >= 4 is 35.6 Å². The molecule has 0 aliphatic rings. The molecule has 7 heteroatoms. The van der Waals surface area contributed by atoms with Crippen LogP contribution < -0.4 is 16.8 Å². The molecule has 0 bridgehead atoms. The molecule has 0 atom stereocenters. The van der Waals surface area contributed by atoms with E-state index in [1.165, 1.54) is 0 Å². The molecule has 1 heterocycles. The van der Waals surface area contributed by atoms with E-state index in [9.17, 15) is 4.79 Å². The lowest BCUT2D eigenvalue weighted by Gasteiger charge is -2.08. The fourth-order valence-electron chi connectivity index (χ4n) is 2.33. The molecule has 130 valence electrons. The van der Waals surface area contributed by atoms with Gasteiger partial charge >= 0.3 is 0 Å². The maximum atomic E-state index is 12.3. The fraction of sp³-hybridized carbons (Fsp3) is 0.0526. The van der Waals surface area contributed by atoms with E-state index in [0.717, 1.165) is 16.8 Å². The second kappa shape index (κ2) is 7.43. The summed E-state index contributed by atoms with van der Waals surface area (Å²) in [4.78, 5) is 24.0. The van der Waals surface area contributed by atoms with E-state index in [0.29, 0.717) is 11.4 Å². The van der Waals surface area contributed by atoms with Crippen molar-refractivity contribution in [3.8, 4) is 0 Å². The Morgan fingerprint density at radius 1 is 0.923 bits per heavy atom. The average molecular weight is 346 g/mol. The van der Waals surface area contributed by atoms with Crippen LogP contribution in [0.1, 0.15) is 27.3 Å². The summed E-state index contributed by atoms with van der Waals surface area (Å²) in [6.45, 7) is 1.95. The number of nitrogens with zero attached hydrogens (tertiary/aromatic N) is 3. The van der Waals surface area contributed by atoms with Crippen molar-refractivity contribution < 1.29 is 4.79 Å². The van der Waals surface area contributed by atoms with Crippen LogP contribution in [0.15, 0.2) is 48.5 Å². The number of nitrogens with two attached hydrogens (primary N) is 2. The van der Waals surface area contributed by atoms with E-state index in [4.69, 9.17) is 11.5 Å². The average Bonchev–Trinajstić information content (AvgIpc) is 2.61. The number of hydrogen-bond acceptors (Lipinski definition) is 6. The van der Waals surface area contributed by atoms with Crippen LogP contribution in [0, 0.1) is 6.92 Å². The number of para-hydroxylation sites is 1. The molecule has 0 fully saturated rings. The van der Waals surface area contributed by atoms with Crippen LogP contribution in [0.4, 0.5) is 17.6 Å². The molecule has 0 unspecified atom stereocenters. The summed E-state index contributed by atoms with van der Waals surface area (Å²) in [5.74, 6) is 0.352. The Balaban J connectivity index is 1.71. The smallest absolute Gasteiger partial charge is 0.255 e. The van der Waals surface area contributed by atoms with Crippen molar-refractivity contribution in [3.63, 3.8) is 0 Å². The number of aromatic nitrogens is 3. The highest BCUT2D eigenvalue weighted by Gasteiger charge is 2.07. The van der Waals surface area contributed by atoms with Crippen LogP contribution in [0.2, 0.25) is 0 Å². The zero-order valence-corrected chi connectivity index (χ0v) is 14.2. The summed E-state index contributed by atoms with van der Waals surface area (Å²) in [6, 6.07) is 14.8. The Hall–Kier alpha value is -3.74. The van der Waals surface area contributed by atoms with Crippen LogP contribution in [0.5, 0.6) is 0 Å². The van der Waals surface area contributed by atoms with Crippen molar-refractivity contribution in [2.45, 2.75) is 6.92 Å². The van der Waals surface area contributed by atoms with E-state index in [2.05, 4.69) is 20.3 Å². The highest BCUT2D eigenvalue weighted by atomic mass is 16.1. The molecule has 3 aromatic rings. The van der Waals surface area contributed by atoms with Crippen LogP contribution in [-0.2, 0) is 0 Å². The van der Waals surface area contributed by atoms with Crippen LogP contribution in [-0.4, -0.2) is 20.9 Å². The van der Waals surface area contributed by atoms with Gasteiger partial charge in [-0.2, -0.15) is 15.0 Å². The van der Waals surface area contributed by atoms with Gasteiger partial charge in [0.05, 0.1) is 0 Å². The van der Waals surface area contributed by atoms with Gasteiger partial charge in [0.1, 0.15) is 0 Å². The molecule has 0 spiro atoms. The number of aryl methyl sites for hydroxylation is 1. The maximum Gasteiger partial charge on any atom is 0.255 e. The van der Waals surface area contributed by atoms with E-state index in [1.807, 2.05) is 43.3 Å². The van der Waals surface area contributed by atoms with E-state index >= 15 is 0 Å². The van der Waals surface area contributed by atoms with Crippen molar-refractivity contribution in [2.75, 3.05) is 16.8 Å². The second-order valence-corrected chi connectivity index (χ2v) is 5.63. The lowest BCUT2D eigenvalue weighted by Crippen LogP contribution is -2.12. The summed E-state index contributed by atoms with van der Waals surface area (Å²) >= 11 is 0. The van der Waals surface area contributed by atoms with Gasteiger partial charge in [0.25, 0.3) is 5.91 Å². The topological polar surface area (TPSA) is 120 Å². The van der Waals surface area contributed by atoms with Crippen LogP contribution >= 0.6 is 0 Å². The molecule has 0 saturated carbocycles. The fourth-order valence-corrected chi connectivity index (χ4v) is 2.33. The highest BCUT2D eigenvalue weighted by Crippen LogP contribution is 2.15. The molecule has 0 radical (unpaired) electrons. The minimum atomic E-state index is -0.159. The SMILES string of the molecule is Cc1ccccc1NC(=O)c1ccc(/C=C/c2nc(N)nc(N)n2)cc1. The van der Waals surface area contributed by atoms with Crippen molar-refractivity contribution in [1.82, 2.24) is 15.0 Å². The van der Waals surface area contributed by atoms with E-state index < -0.39 is 0 Å². The molecule has 0 aliphatic carbocycles. The predicted molar refractivity (Wildman–Crippen MR) is 103 cm³/mol. The van der Waals surface area contributed by atoms with Gasteiger partial charge in [0.2, 0.25) is 11.9 Å². The van der Waals surface area contributed by atoms with Gasteiger partial charge < -0.3 is 16.8 Å². The Labute approximate surface area is 150 Å². The van der Waals surface area contributed by atoms with Gasteiger partial charge in [0, 0.05) is 11.3 Å². The first-order valence-corrected chi connectivity index (χ1v) is 7.93. The molecule has 1 aromatic heterocycles. The van der Waals surface area contributed by atoms with Gasteiger partial charge in [-0.1, -0.05) is 36.4 Å². The normalized spacial score (nSPS) is 10.8. The van der Waals surface area contributed by atoms with Crippen molar-refractivity contribution in [2.24, 2.45) is 0 Å². The number of hydrogen-bond donors (Lipinski definition) is 3. The molecule has 26 heavy (non-hydrogen) atoms. The molecule has 5 N–H and O–H groups in total. The van der Waals surface area contributed by atoms with E-state index in [-0.39, 0.29) is 17.8 Å². The Morgan fingerprint density at radius 3 is 2.23 bits per heavy atom. The first-order chi connectivity index (χ1) is 12.5. The summed E-state index contributed by atoms with van der Waals surface area (Å²) in [6.07, 6.45) is 3.48. The summed E-state index contributed by atoms with van der Waals surface area (Å²) in [5.41, 5.74) is 14.3. The quantitative estimate of drug-likeness (QED) is 0.668. The lowest BCUT2D eigenvalue weighted by molar-refractivity contribution is 0.102. The third kappa shape index (κ3) is 4.21. The number of benzene rings is 2. The van der Waals surface area contributed by atoms with Crippen LogP contribution in [0.3, 0.4) is 0 Å². The maximum absolute atomic E-state index is 12.3. The molecular weight excluding hydrogens is 328 g/mol. The number of amides is 1. The predicted octanol–water partition coefficient (Wildman–Crippen LogP) is 2.77. The molecular formula is C19H18N6O. The van der Waals surface area contributed by atoms with Crippen molar-refractivity contribution in [3.05, 3.63) is 71.0 Å². The number of carbonyl (C=O) groups excluding carboxylic acids is 1. The number of carbonyl (C=O) groups is 1.